The second-order valence-electron chi connectivity index (χ2n) is 7.67. The van der Waals surface area contributed by atoms with Crippen molar-refractivity contribution in [1.82, 2.24) is 0 Å². The minimum Gasteiger partial charge on any atom is -0.249 e. The lowest BCUT2D eigenvalue weighted by Gasteiger charge is -2.04. The molecule has 0 aliphatic heterocycles. The van der Waals surface area contributed by atoms with E-state index in [1.54, 1.807) is 0 Å². The summed E-state index contributed by atoms with van der Waals surface area (Å²) in [4.78, 5) is 18.6. The third-order valence-electron chi connectivity index (χ3n) is 5.09. The fraction of sp³-hybridized carbons (Fsp3) is 0. The van der Waals surface area contributed by atoms with Crippen molar-refractivity contribution in [2.45, 2.75) is 0 Å². The van der Waals surface area contributed by atoms with Crippen LogP contribution in [0.1, 0.15) is 0 Å². The third kappa shape index (κ3) is 5.75. The zero-order chi connectivity index (χ0) is 23.0. The Bertz CT molecular complexity index is 1250. The largest absolute Gasteiger partial charge is 0.249 e. The van der Waals surface area contributed by atoms with Gasteiger partial charge in [-0.25, -0.2) is 20.0 Å². The molecular formula is C30H22N4. The molecule has 0 heterocycles. The van der Waals surface area contributed by atoms with E-state index in [1.165, 1.54) is 0 Å². The van der Waals surface area contributed by atoms with Crippen molar-refractivity contribution in [3.05, 3.63) is 134 Å². The monoisotopic (exact) mass is 438 g/mol. The molecule has 0 N–H and O–H groups in total. The van der Waals surface area contributed by atoms with E-state index in [0.717, 1.165) is 45.6 Å². The number of rotatable bonds is 4. The van der Waals surface area contributed by atoms with Crippen LogP contribution in [0.4, 0.5) is 22.7 Å². The number of benzene rings is 3. The predicted octanol–water partition coefficient (Wildman–Crippen LogP) is 7.63. The summed E-state index contributed by atoms with van der Waals surface area (Å²) in [6.07, 6.45) is 15.8. The fourth-order valence-corrected chi connectivity index (χ4v) is 3.41. The third-order valence-corrected chi connectivity index (χ3v) is 5.09. The van der Waals surface area contributed by atoms with E-state index >= 15 is 0 Å². The first kappa shape index (κ1) is 21.2. The average molecular weight is 439 g/mol. The molecule has 0 aromatic heterocycles. The Balaban J connectivity index is 1.23. The van der Waals surface area contributed by atoms with Crippen molar-refractivity contribution >= 4 is 45.6 Å². The molecule has 0 fully saturated rings. The van der Waals surface area contributed by atoms with Crippen molar-refractivity contribution in [2.75, 3.05) is 0 Å². The number of hydrogen-bond donors (Lipinski definition) is 0. The highest BCUT2D eigenvalue weighted by molar-refractivity contribution is 6.20. The topological polar surface area (TPSA) is 49.4 Å². The number of hydrogen-bond acceptors (Lipinski definition) is 4. The van der Waals surface area contributed by atoms with Gasteiger partial charge in [-0.3, -0.25) is 0 Å². The number of nitrogens with zero attached hydrogens (tertiary/aromatic N) is 4. The van der Waals surface area contributed by atoms with Crippen LogP contribution in [-0.2, 0) is 0 Å². The van der Waals surface area contributed by atoms with Crippen LogP contribution in [0.5, 0.6) is 0 Å². The van der Waals surface area contributed by atoms with E-state index in [1.807, 2.05) is 134 Å². The van der Waals surface area contributed by atoms with E-state index in [2.05, 4.69) is 9.98 Å². The summed E-state index contributed by atoms with van der Waals surface area (Å²) < 4.78 is 0. The highest BCUT2D eigenvalue weighted by Crippen LogP contribution is 2.21. The van der Waals surface area contributed by atoms with Crippen LogP contribution in [0.15, 0.2) is 154 Å². The molecule has 4 heteroatoms. The molecule has 4 nitrogen and oxygen atoms in total. The van der Waals surface area contributed by atoms with Crippen LogP contribution >= 0.6 is 0 Å². The minimum absolute atomic E-state index is 0.878. The molecule has 0 bridgehead atoms. The van der Waals surface area contributed by atoms with Gasteiger partial charge in [0.2, 0.25) is 0 Å². The van der Waals surface area contributed by atoms with E-state index in [4.69, 9.17) is 9.98 Å². The van der Waals surface area contributed by atoms with Gasteiger partial charge in [-0.2, -0.15) is 0 Å². The number of allylic oxidation sites excluding steroid dienone is 8. The molecule has 0 saturated heterocycles. The summed E-state index contributed by atoms with van der Waals surface area (Å²) in [6, 6.07) is 27.7. The molecular weight excluding hydrogens is 416 g/mol. The molecule has 2 aliphatic rings. The van der Waals surface area contributed by atoms with Gasteiger partial charge in [-0.15, -0.1) is 0 Å². The summed E-state index contributed by atoms with van der Waals surface area (Å²) in [6.45, 7) is 0. The normalized spacial score (nSPS) is 14.4. The molecule has 0 unspecified atom stereocenters. The fourth-order valence-electron chi connectivity index (χ4n) is 3.41. The van der Waals surface area contributed by atoms with Crippen molar-refractivity contribution in [2.24, 2.45) is 20.0 Å². The molecule has 34 heavy (non-hydrogen) atoms. The van der Waals surface area contributed by atoms with Gasteiger partial charge in [0.1, 0.15) is 0 Å². The quantitative estimate of drug-likeness (QED) is 0.376. The second kappa shape index (κ2) is 10.3. The molecule has 0 saturated carbocycles. The van der Waals surface area contributed by atoms with Gasteiger partial charge >= 0.3 is 0 Å². The molecule has 162 valence electrons. The molecule has 3 aromatic rings. The Hall–Kier alpha value is -4.70. The van der Waals surface area contributed by atoms with Gasteiger partial charge in [0.05, 0.1) is 45.6 Å². The van der Waals surface area contributed by atoms with Crippen LogP contribution in [0.2, 0.25) is 0 Å². The zero-order valence-corrected chi connectivity index (χ0v) is 18.5. The smallest absolute Gasteiger partial charge is 0.0638 e. The molecule has 0 atom stereocenters. The van der Waals surface area contributed by atoms with E-state index < -0.39 is 0 Å². The Morgan fingerprint density at radius 3 is 0.765 bits per heavy atom. The van der Waals surface area contributed by atoms with Gasteiger partial charge < -0.3 is 0 Å². The molecule has 5 rings (SSSR count). The maximum absolute atomic E-state index is 4.69. The second-order valence-corrected chi connectivity index (χ2v) is 7.67. The van der Waals surface area contributed by atoms with Crippen LogP contribution in [-0.4, -0.2) is 22.8 Å². The SMILES string of the molecule is C1=CC(=Nc2ccc(N=C3C=CC(=Nc4ccccc4)C=C3)cc2)C=CC1=Nc1ccccc1. The lowest BCUT2D eigenvalue weighted by Crippen LogP contribution is -1.99. The number of aliphatic imine (C=N–C) groups is 4. The van der Waals surface area contributed by atoms with Crippen LogP contribution < -0.4 is 0 Å². The summed E-state index contributed by atoms with van der Waals surface area (Å²) in [5.74, 6) is 0. The standard InChI is InChI=1S/C30H22N4/c1-3-7-23(8-4-1)31-25-11-15-27(16-12-25)33-29-19-21-30(22-20-29)34-28-17-13-26(14-18-28)32-24-9-5-2-6-10-24/h1-22H. The van der Waals surface area contributed by atoms with Crippen LogP contribution in [0, 0.1) is 0 Å². The first-order chi connectivity index (χ1) is 16.8. The first-order valence-corrected chi connectivity index (χ1v) is 11.1. The highest BCUT2D eigenvalue weighted by atomic mass is 14.8. The highest BCUT2D eigenvalue weighted by Gasteiger charge is 2.02. The van der Waals surface area contributed by atoms with Crippen molar-refractivity contribution in [1.29, 1.82) is 0 Å². The lowest BCUT2D eigenvalue weighted by atomic mass is 10.1. The minimum atomic E-state index is 0.878. The summed E-state index contributed by atoms with van der Waals surface area (Å²) in [5.41, 5.74) is 7.21. The molecule has 0 radical (unpaired) electrons. The number of para-hydroxylation sites is 2. The first-order valence-electron chi connectivity index (χ1n) is 11.1. The van der Waals surface area contributed by atoms with E-state index in [-0.39, 0.29) is 0 Å². The van der Waals surface area contributed by atoms with Crippen LogP contribution in [0.25, 0.3) is 0 Å². The summed E-state index contributed by atoms with van der Waals surface area (Å²) >= 11 is 0. The van der Waals surface area contributed by atoms with Gasteiger partial charge in [-0.05, 0) is 97.1 Å². The Labute approximate surface area is 199 Å². The predicted molar refractivity (Wildman–Crippen MR) is 144 cm³/mol. The van der Waals surface area contributed by atoms with Gasteiger partial charge in [0.15, 0.2) is 0 Å². The summed E-state index contributed by atoms with van der Waals surface area (Å²) in [5, 5.41) is 0. The van der Waals surface area contributed by atoms with Gasteiger partial charge in [0.25, 0.3) is 0 Å². The van der Waals surface area contributed by atoms with E-state index in [9.17, 15) is 0 Å². The zero-order valence-electron chi connectivity index (χ0n) is 18.5. The average Bonchev–Trinajstić information content (AvgIpc) is 2.89. The van der Waals surface area contributed by atoms with Gasteiger partial charge in [-0.1, -0.05) is 36.4 Å². The Kier molecular flexibility index (Phi) is 6.40. The molecule has 3 aromatic carbocycles. The maximum atomic E-state index is 4.69. The Morgan fingerprint density at radius 2 is 0.500 bits per heavy atom. The lowest BCUT2D eigenvalue weighted by molar-refractivity contribution is 1.47. The van der Waals surface area contributed by atoms with Crippen LogP contribution in [0.3, 0.4) is 0 Å². The molecule has 0 spiro atoms. The summed E-state index contributed by atoms with van der Waals surface area (Å²) in [7, 11) is 0. The molecule has 2 aliphatic carbocycles. The van der Waals surface area contributed by atoms with E-state index in [0.29, 0.717) is 0 Å². The van der Waals surface area contributed by atoms with Crippen molar-refractivity contribution in [3.8, 4) is 0 Å². The van der Waals surface area contributed by atoms with Gasteiger partial charge in [0, 0.05) is 0 Å². The van der Waals surface area contributed by atoms with Crippen molar-refractivity contribution < 1.29 is 0 Å². The molecule has 0 amide bonds. The Morgan fingerprint density at radius 1 is 0.265 bits per heavy atom. The van der Waals surface area contributed by atoms with Crippen molar-refractivity contribution in [3.63, 3.8) is 0 Å². The maximum Gasteiger partial charge on any atom is 0.0638 e.